The van der Waals surface area contributed by atoms with E-state index < -0.39 is 17.2 Å². The van der Waals surface area contributed by atoms with E-state index in [4.69, 9.17) is 11.6 Å². The molecule has 0 unspecified atom stereocenters. The maximum absolute atomic E-state index is 13.6. The molecule has 5 rings (SSSR count). The van der Waals surface area contributed by atoms with Crippen molar-refractivity contribution in [3.05, 3.63) is 87.4 Å². The summed E-state index contributed by atoms with van der Waals surface area (Å²) in [5.41, 5.74) is 2.92. The Hall–Kier alpha value is -3.65. The van der Waals surface area contributed by atoms with Crippen LogP contribution in [0.4, 0.5) is 8.78 Å². The first-order valence-corrected chi connectivity index (χ1v) is 9.30. The second-order valence-corrected chi connectivity index (χ2v) is 7.17. The van der Waals surface area contributed by atoms with Gasteiger partial charge in [-0.1, -0.05) is 23.7 Å². The van der Waals surface area contributed by atoms with Crippen molar-refractivity contribution in [2.24, 2.45) is 0 Å². The summed E-state index contributed by atoms with van der Waals surface area (Å²) in [6, 6.07) is 12.2. The summed E-state index contributed by atoms with van der Waals surface area (Å²) in [6.07, 6.45) is 1.47. The average molecular weight is 424 g/mol. The second-order valence-electron chi connectivity index (χ2n) is 6.73. The summed E-state index contributed by atoms with van der Waals surface area (Å²) in [5, 5.41) is 13.4. The van der Waals surface area contributed by atoms with Gasteiger partial charge in [-0.3, -0.25) is 9.36 Å². The van der Waals surface area contributed by atoms with Crippen molar-refractivity contribution in [1.29, 1.82) is 0 Å². The molecule has 0 N–H and O–H groups in total. The van der Waals surface area contributed by atoms with E-state index in [0.717, 1.165) is 23.3 Å². The highest BCUT2D eigenvalue weighted by Gasteiger charge is 2.18. The van der Waals surface area contributed by atoms with Crippen LogP contribution < -0.4 is 5.56 Å². The van der Waals surface area contributed by atoms with Crippen molar-refractivity contribution in [3.63, 3.8) is 0 Å². The van der Waals surface area contributed by atoms with Gasteiger partial charge in [-0.25, -0.2) is 13.3 Å². The Kier molecular flexibility index (Phi) is 4.11. The van der Waals surface area contributed by atoms with Crippen molar-refractivity contribution in [3.8, 4) is 16.8 Å². The van der Waals surface area contributed by atoms with Gasteiger partial charge in [0.1, 0.15) is 5.52 Å². The third kappa shape index (κ3) is 2.76. The summed E-state index contributed by atoms with van der Waals surface area (Å²) in [7, 11) is 0. The number of aromatic nitrogens is 5. The van der Waals surface area contributed by atoms with Gasteiger partial charge in [0.2, 0.25) is 0 Å². The fourth-order valence-electron chi connectivity index (χ4n) is 3.47. The zero-order valence-electron chi connectivity index (χ0n) is 15.5. The molecular weight excluding hydrogens is 412 g/mol. The normalized spacial score (nSPS) is 11.5. The lowest BCUT2D eigenvalue weighted by atomic mass is 10.1. The number of hydrogen-bond acceptors (Lipinski definition) is 4. The Morgan fingerprint density at radius 1 is 1.00 bits per heavy atom. The summed E-state index contributed by atoms with van der Waals surface area (Å²) < 4.78 is 29.6. The van der Waals surface area contributed by atoms with Crippen LogP contribution in [0.5, 0.6) is 0 Å². The molecule has 3 heterocycles. The van der Waals surface area contributed by atoms with Gasteiger partial charge < -0.3 is 0 Å². The highest BCUT2D eigenvalue weighted by molar-refractivity contribution is 6.30. The van der Waals surface area contributed by atoms with Gasteiger partial charge in [0, 0.05) is 17.3 Å². The van der Waals surface area contributed by atoms with Gasteiger partial charge in [0.25, 0.3) is 5.56 Å². The van der Waals surface area contributed by atoms with Crippen LogP contribution >= 0.6 is 11.6 Å². The van der Waals surface area contributed by atoms with Gasteiger partial charge in [0.05, 0.1) is 16.9 Å². The summed E-state index contributed by atoms with van der Waals surface area (Å²) in [5.74, 6) is -2.04. The molecule has 0 radical (unpaired) electrons. The minimum atomic E-state index is -1.05. The molecular formula is C21H12ClF2N5O. The molecule has 2 aromatic carbocycles. The molecule has 148 valence electrons. The summed E-state index contributed by atoms with van der Waals surface area (Å²) >= 11 is 6.12. The zero-order chi connectivity index (χ0) is 21.0. The first-order valence-electron chi connectivity index (χ1n) is 8.93. The first-order chi connectivity index (χ1) is 14.4. The predicted molar refractivity (Wildman–Crippen MR) is 109 cm³/mol. The third-order valence-electron chi connectivity index (χ3n) is 4.85. The van der Waals surface area contributed by atoms with E-state index in [1.807, 2.05) is 19.1 Å². The van der Waals surface area contributed by atoms with E-state index in [2.05, 4.69) is 15.3 Å². The number of rotatable bonds is 2. The number of fused-ring (bicyclic) bond motifs is 3. The molecule has 3 aromatic heterocycles. The lowest BCUT2D eigenvalue weighted by molar-refractivity contribution is 0.508. The minimum Gasteiger partial charge on any atom is -0.282 e. The lowest BCUT2D eigenvalue weighted by Crippen LogP contribution is -2.20. The Bertz CT molecular complexity index is 1530. The van der Waals surface area contributed by atoms with E-state index in [1.165, 1.54) is 16.8 Å². The molecule has 0 atom stereocenters. The fourth-order valence-corrected chi connectivity index (χ4v) is 3.66. The Morgan fingerprint density at radius 3 is 2.60 bits per heavy atom. The molecule has 6 nitrogen and oxygen atoms in total. The standard InChI is InChI=1S/C21H12ClF2N5O/c1-11-18(12-3-2-4-13(22)9-12)20-26-25-19-17(29(20)27-11)7-8-28(21(19)30)14-5-6-15(23)16(24)10-14/h2-10H,1H3. The fraction of sp³-hybridized carbons (Fsp3) is 0.0476. The number of halogens is 3. The molecule has 0 aliphatic rings. The van der Waals surface area contributed by atoms with Crippen LogP contribution in [0, 0.1) is 18.6 Å². The quantitative estimate of drug-likeness (QED) is 0.424. The molecule has 0 aliphatic heterocycles. The van der Waals surface area contributed by atoms with Gasteiger partial charge in [-0.05, 0) is 42.8 Å². The summed E-state index contributed by atoms with van der Waals surface area (Å²) in [4.78, 5) is 13.0. The van der Waals surface area contributed by atoms with E-state index >= 15 is 0 Å². The van der Waals surface area contributed by atoms with Crippen LogP contribution in [0.2, 0.25) is 5.02 Å². The van der Waals surface area contributed by atoms with Gasteiger partial charge in [-0.2, -0.15) is 5.10 Å². The molecule has 0 saturated carbocycles. The molecule has 30 heavy (non-hydrogen) atoms. The van der Waals surface area contributed by atoms with Crippen LogP contribution in [0.15, 0.2) is 59.5 Å². The van der Waals surface area contributed by atoms with Crippen LogP contribution in [0.25, 0.3) is 33.5 Å². The van der Waals surface area contributed by atoms with Crippen LogP contribution in [-0.4, -0.2) is 24.4 Å². The van der Waals surface area contributed by atoms with E-state index in [9.17, 15) is 13.6 Å². The second kappa shape index (κ2) is 6.70. The maximum Gasteiger partial charge on any atom is 0.285 e. The van der Waals surface area contributed by atoms with Gasteiger partial charge >= 0.3 is 0 Å². The Labute approximate surface area is 173 Å². The van der Waals surface area contributed by atoms with Crippen LogP contribution in [0.1, 0.15) is 5.69 Å². The van der Waals surface area contributed by atoms with Gasteiger partial charge in [-0.15, -0.1) is 10.2 Å². The number of hydrogen-bond donors (Lipinski definition) is 0. The molecule has 0 saturated heterocycles. The van der Waals surface area contributed by atoms with Gasteiger partial charge in [0.15, 0.2) is 22.8 Å². The van der Waals surface area contributed by atoms with E-state index in [0.29, 0.717) is 21.9 Å². The summed E-state index contributed by atoms with van der Waals surface area (Å²) in [6.45, 7) is 1.83. The molecule has 5 aromatic rings. The molecule has 0 fully saturated rings. The highest BCUT2D eigenvalue weighted by Crippen LogP contribution is 2.29. The predicted octanol–water partition coefficient (Wildman–Crippen LogP) is 4.34. The monoisotopic (exact) mass is 423 g/mol. The minimum absolute atomic E-state index is 0.0508. The number of nitrogens with zero attached hydrogens (tertiary/aromatic N) is 5. The maximum atomic E-state index is 13.6. The highest BCUT2D eigenvalue weighted by atomic mass is 35.5. The Morgan fingerprint density at radius 2 is 1.83 bits per heavy atom. The smallest absolute Gasteiger partial charge is 0.282 e. The number of pyridine rings is 1. The van der Waals surface area contributed by atoms with Crippen LogP contribution in [-0.2, 0) is 0 Å². The number of aryl methyl sites for hydroxylation is 1. The third-order valence-corrected chi connectivity index (χ3v) is 5.08. The molecule has 0 aliphatic carbocycles. The SMILES string of the molecule is Cc1nn2c(nnc3c(=O)n(-c4ccc(F)c(F)c4)ccc32)c1-c1cccc(Cl)c1. The van der Waals surface area contributed by atoms with E-state index in [-0.39, 0.29) is 11.2 Å². The first kappa shape index (κ1) is 18.4. The lowest BCUT2D eigenvalue weighted by Gasteiger charge is -2.08. The molecule has 0 bridgehead atoms. The van der Waals surface area contributed by atoms with Crippen LogP contribution in [0.3, 0.4) is 0 Å². The Balaban J connectivity index is 1.76. The van der Waals surface area contributed by atoms with Crippen molar-refractivity contribution in [2.45, 2.75) is 6.92 Å². The molecule has 0 amide bonds. The molecule has 9 heteroatoms. The average Bonchev–Trinajstić information content (AvgIpc) is 3.06. The van der Waals surface area contributed by atoms with Crippen molar-refractivity contribution < 1.29 is 8.78 Å². The van der Waals surface area contributed by atoms with E-state index in [1.54, 1.807) is 22.7 Å². The van der Waals surface area contributed by atoms with Crippen molar-refractivity contribution in [2.75, 3.05) is 0 Å². The van der Waals surface area contributed by atoms with Crippen molar-refractivity contribution >= 4 is 28.3 Å². The molecule has 0 spiro atoms. The zero-order valence-corrected chi connectivity index (χ0v) is 16.2. The van der Waals surface area contributed by atoms with Crippen molar-refractivity contribution in [1.82, 2.24) is 24.4 Å². The number of benzene rings is 2. The topological polar surface area (TPSA) is 65.1 Å². The largest absolute Gasteiger partial charge is 0.285 e.